The molecule has 0 amide bonds. The van der Waals surface area contributed by atoms with E-state index < -0.39 is 5.97 Å². The smallest absolute Gasteiger partial charge is 0.340 e. The van der Waals surface area contributed by atoms with Gasteiger partial charge in [-0.2, -0.15) is 0 Å². The van der Waals surface area contributed by atoms with E-state index in [4.69, 9.17) is 9.63 Å². The van der Waals surface area contributed by atoms with Crippen molar-refractivity contribution in [2.24, 2.45) is 0 Å². The normalized spacial score (nSPS) is 9.08. The minimum Gasteiger partial charge on any atom is -0.478 e. The number of rotatable bonds is 3. The molecule has 1 aromatic rings. The fourth-order valence-electron chi connectivity index (χ4n) is 0.846. The molecule has 0 aliphatic rings. The summed E-state index contributed by atoms with van der Waals surface area (Å²) in [6.45, 7) is 1.95. The first kappa shape index (κ1) is 11.0. The van der Waals surface area contributed by atoms with Gasteiger partial charge in [-0.05, 0) is 6.42 Å². The van der Waals surface area contributed by atoms with Crippen molar-refractivity contribution >= 4 is 18.4 Å². The molecular weight excluding hydrogens is 182 g/mol. The van der Waals surface area contributed by atoms with Gasteiger partial charge in [0.25, 0.3) is 0 Å². The fourth-order valence-corrected chi connectivity index (χ4v) is 0.846. The van der Waals surface area contributed by atoms with Gasteiger partial charge < -0.3 is 9.63 Å². The van der Waals surface area contributed by atoms with Crippen LogP contribution in [0.4, 0.5) is 0 Å². The molecule has 1 aromatic heterocycles. The van der Waals surface area contributed by atoms with E-state index in [1.165, 1.54) is 6.20 Å². The minimum absolute atomic E-state index is 0. The average molecular weight is 192 g/mol. The van der Waals surface area contributed by atoms with E-state index in [2.05, 4.69) is 5.16 Å². The van der Waals surface area contributed by atoms with Gasteiger partial charge in [0.05, 0.1) is 6.20 Å². The van der Waals surface area contributed by atoms with E-state index in [0.29, 0.717) is 12.2 Å². The molecule has 0 bridgehead atoms. The Morgan fingerprint density at radius 3 is 2.92 bits per heavy atom. The lowest BCUT2D eigenvalue weighted by atomic mass is 10.2. The maximum Gasteiger partial charge on any atom is 0.340 e. The van der Waals surface area contributed by atoms with E-state index in [1.807, 2.05) is 6.92 Å². The Balaban J connectivity index is 0.00000121. The molecule has 0 unspecified atom stereocenters. The van der Waals surface area contributed by atoms with Crippen molar-refractivity contribution in [3.63, 3.8) is 0 Å². The zero-order chi connectivity index (χ0) is 8.27. The summed E-state index contributed by atoms with van der Waals surface area (Å²) in [6.07, 6.45) is 2.71. The topological polar surface area (TPSA) is 63.3 Å². The van der Waals surface area contributed by atoms with Crippen LogP contribution in [0.5, 0.6) is 0 Å². The standard InChI is InChI=1S/C7H9NO3.ClH/c1-2-3-6-5(7(9)10)4-8-11-6;/h4H,2-3H2,1H3,(H,9,10);1H. The first-order valence-electron chi connectivity index (χ1n) is 3.42. The van der Waals surface area contributed by atoms with Gasteiger partial charge in [0.2, 0.25) is 0 Å². The summed E-state index contributed by atoms with van der Waals surface area (Å²) < 4.78 is 4.74. The molecule has 0 spiro atoms. The monoisotopic (exact) mass is 191 g/mol. The molecule has 0 fully saturated rings. The Kier molecular flexibility index (Phi) is 4.36. The number of aromatic nitrogens is 1. The lowest BCUT2D eigenvalue weighted by molar-refractivity contribution is 0.0694. The first-order chi connectivity index (χ1) is 5.25. The lowest BCUT2D eigenvalue weighted by Crippen LogP contribution is -1.98. The number of hydrogen-bond acceptors (Lipinski definition) is 3. The van der Waals surface area contributed by atoms with E-state index in [9.17, 15) is 4.79 Å². The van der Waals surface area contributed by atoms with Gasteiger partial charge >= 0.3 is 5.97 Å². The zero-order valence-corrected chi connectivity index (χ0v) is 7.43. The molecule has 0 saturated heterocycles. The molecule has 0 aliphatic heterocycles. The van der Waals surface area contributed by atoms with Crippen molar-refractivity contribution in [3.8, 4) is 0 Å². The Labute approximate surface area is 76.0 Å². The van der Waals surface area contributed by atoms with E-state index in [1.54, 1.807) is 0 Å². The summed E-state index contributed by atoms with van der Waals surface area (Å²) in [6, 6.07) is 0. The predicted octanol–water partition coefficient (Wildman–Crippen LogP) is 1.75. The third kappa shape index (κ3) is 2.23. The number of carbonyl (C=O) groups is 1. The summed E-state index contributed by atoms with van der Waals surface area (Å²) in [5, 5.41) is 12.0. The van der Waals surface area contributed by atoms with Gasteiger partial charge in [0.1, 0.15) is 5.56 Å². The average Bonchev–Trinajstić information content (AvgIpc) is 2.36. The Hall–Kier alpha value is -1.03. The molecule has 1 heterocycles. The Morgan fingerprint density at radius 2 is 2.42 bits per heavy atom. The molecule has 0 radical (unpaired) electrons. The number of halogens is 1. The predicted molar refractivity (Wildman–Crippen MR) is 44.7 cm³/mol. The van der Waals surface area contributed by atoms with Crippen molar-refractivity contribution in [2.75, 3.05) is 0 Å². The van der Waals surface area contributed by atoms with Crippen LogP contribution in [0.2, 0.25) is 0 Å². The quantitative estimate of drug-likeness (QED) is 0.791. The molecule has 0 aliphatic carbocycles. The Morgan fingerprint density at radius 1 is 1.75 bits per heavy atom. The summed E-state index contributed by atoms with van der Waals surface area (Å²) in [5.74, 6) is -0.519. The van der Waals surface area contributed by atoms with Crippen LogP contribution in [0.1, 0.15) is 29.5 Å². The molecule has 1 rings (SSSR count). The van der Waals surface area contributed by atoms with Gasteiger partial charge in [-0.15, -0.1) is 12.4 Å². The van der Waals surface area contributed by atoms with Crippen LogP contribution in [-0.2, 0) is 6.42 Å². The summed E-state index contributed by atoms with van der Waals surface area (Å²) in [5.41, 5.74) is 0.173. The molecule has 1 N–H and O–H groups in total. The second-order valence-electron chi connectivity index (χ2n) is 2.22. The Bertz CT molecular complexity index is 259. The van der Waals surface area contributed by atoms with Crippen molar-refractivity contribution in [1.82, 2.24) is 5.16 Å². The zero-order valence-electron chi connectivity index (χ0n) is 6.61. The first-order valence-corrected chi connectivity index (χ1v) is 3.42. The molecule has 68 valence electrons. The maximum absolute atomic E-state index is 10.5. The lowest BCUT2D eigenvalue weighted by Gasteiger charge is -1.91. The van der Waals surface area contributed by atoms with E-state index in [-0.39, 0.29) is 18.0 Å². The van der Waals surface area contributed by atoms with Gasteiger partial charge in [-0.25, -0.2) is 4.79 Å². The highest BCUT2D eigenvalue weighted by atomic mass is 35.5. The van der Waals surface area contributed by atoms with Crippen molar-refractivity contribution in [2.45, 2.75) is 19.8 Å². The van der Waals surface area contributed by atoms with Crippen LogP contribution in [0.25, 0.3) is 0 Å². The number of hydrogen-bond donors (Lipinski definition) is 1. The van der Waals surface area contributed by atoms with Gasteiger partial charge in [0, 0.05) is 6.42 Å². The van der Waals surface area contributed by atoms with Gasteiger partial charge in [-0.1, -0.05) is 12.1 Å². The van der Waals surface area contributed by atoms with Crippen molar-refractivity contribution < 1.29 is 14.4 Å². The third-order valence-corrected chi connectivity index (χ3v) is 1.35. The largest absolute Gasteiger partial charge is 0.478 e. The number of aryl methyl sites for hydroxylation is 1. The van der Waals surface area contributed by atoms with Gasteiger partial charge in [0.15, 0.2) is 5.76 Å². The molecule has 0 aromatic carbocycles. The second-order valence-corrected chi connectivity index (χ2v) is 2.22. The summed E-state index contributed by atoms with van der Waals surface area (Å²) >= 11 is 0. The number of aromatic carboxylic acids is 1. The fraction of sp³-hybridized carbons (Fsp3) is 0.429. The molecule has 4 nitrogen and oxygen atoms in total. The van der Waals surface area contributed by atoms with Crippen LogP contribution in [0.3, 0.4) is 0 Å². The van der Waals surface area contributed by atoms with Crippen molar-refractivity contribution in [3.05, 3.63) is 17.5 Å². The summed E-state index contributed by atoms with van der Waals surface area (Å²) in [7, 11) is 0. The SMILES string of the molecule is CCCc1oncc1C(=O)O.Cl. The summed E-state index contributed by atoms with van der Waals surface area (Å²) in [4.78, 5) is 10.5. The van der Waals surface area contributed by atoms with Crippen LogP contribution < -0.4 is 0 Å². The number of nitrogens with zero attached hydrogens (tertiary/aromatic N) is 1. The van der Waals surface area contributed by atoms with Crippen LogP contribution in [0.15, 0.2) is 10.7 Å². The van der Waals surface area contributed by atoms with Gasteiger partial charge in [-0.3, -0.25) is 0 Å². The van der Waals surface area contributed by atoms with Crippen LogP contribution in [-0.4, -0.2) is 16.2 Å². The number of carboxylic acids is 1. The van der Waals surface area contributed by atoms with Crippen molar-refractivity contribution in [1.29, 1.82) is 0 Å². The van der Waals surface area contributed by atoms with E-state index >= 15 is 0 Å². The number of carboxylic acid groups (broad SMARTS) is 1. The third-order valence-electron chi connectivity index (χ3n) is 1.35. The van der Waals surface area contributed by atoms with Crippen LogP contribution in [0, 0.1) is 0 Å². The molecule has 12 heavy (non-hydrogen) atoms. The molecule has 0 atom stereocenters. The highest BCUT2D eigenvalue weighted by molar-refractivity contribution is 5.88. The second kappa shape index (κ2) is 4.77. The van der Waals surface area contributed by atoms with E-state index in [0.717, 1.165) is 6.42 Å². The highest BCUT2D eigenvalue weighted by Gasteiger charge is 2.13. The van der Waals surface area contributed by atoms with Crippen LogP contribution >= 0.6 is 12.4 Å². The molecule has 0 saturated carbocycles. The molecular formula is C7H10ClNO3. The minimum atomic E-state index is -0.977. The maximum atomic E-state index is 10.5. The highest BCUT2D eigenvalue weighted by Crippen LogP contribution is 2.09. The molecule has 5 heteroatoms.